The van der Waals surface area contributed by atoms with Gasteiger partial charge < -0.3 is 4.90 Å². The van der Waals surface area contributed by atoms with Crippen LogP contribution in [0.15, 0.2) is 18.5 Å². The third-order valence-electron chi connectivity index (χ3n) is 3.63. The highest BCUT2D eigenvalue weighted by atomic mass is 35.5. The fraction of sp³-hybridized carbons (Fsp3) is 0.571. The van der Waals surface area contributed by atoms with Crippen LogP contribution < -0.4 is 0 Å². The van der Waals surface area contributed by atoms with E-state index < -0.39 is 0 Å². The van der Waals surface area contributed by atoms with Crippen LogP contribution in [0.4, 0.5) is 0 Å². The minimum Gasteiger partial charge on any atom is -0.339 e. The third kappa shape index (κ3) is 3.02. The number of aromatic nitrogens is 1. The van der Waals surface area contributed by atoms with Gasteiger partial charge in [0.2, 0.25) is 0 Å². The molecule has 0 atom stereocenters. The first-order valence-electron chi connectivity index (χ1n) is 6.38. The van der Waals surface area contributed by atoms with Crippen LogP contribution in [0.25, 0.3) is 0 Å². The van der Waals surface area contributed by atoms with E-state index >= 15 is 0 Å². The van der Waals surface area contributed by atoms with Crippen molar-refractivity contribution in [2.45, 2.75) is 33.1 Å². The Morgan fingerprint density at radius 2 is 2.17 bits per heavy atom. The normalized spacial score (nSPS) is 19.4. The zero-order valence-electron chi connectivity index (χ0n) is 10.9. The molecule has 1 aromatic rings. The minimum absolute atomic E-state index is 0.00537. The molecule has 0 radical (unpaired) electrons. The molecule has 2 rings (SSSR count). The number of rotatable bonds is 1. The monoisotopic (exact) mass is 266 g/mol. The number of carbonyl (C=O) groups is 1. The lowest BCUT2D eigenvalue weighted by molar-refractivity contribution is 0.0757. The number of pyridine rings is 1. The average molecular weight is 267 g/mol. The molecule has 1 saturated heterocycles. The summed E-state index contributed by atoms with van der Waals surface area (Å²) in [7, 11) is 0. The van der Waals surface area contributed by atoms with Crippen LogP contribution in [-0.2, 0) is 0 Å². The Bertz CT molecular complexity index is 445. The number of halogens is 1. The maximum absolute atomic E-state index is 12.4. The van der Waals surface area contributed by atoms with Crippen LogP contribution in [0.5, 0.6) is 0 Å². The Morgan fingerprint density at radius 1 is 1.39 bits per heavy atom. The minimum atomic E-state index is 0.00537. The van der Waals surface area contributed by atoms with Crippen LogP contribution in [0.2, 0.25) is 5.02 Å². The van der Waals surface area contributed by atoms with E-state index in [1.807, 2.05) is 4.90 Å². The van der Waals surface area contributed by atoms with E-state index in [-0.39, 0.29) is 5.91 Å². The molecule has 0 bridgehead atoms. The molecule has 0 N–H and O–H groups in total. The lowest BCUT2D eigenvalue weighted by Crippen LogP contribution is -2.32. The first-order chi connectivity index (χ1) is 8.49. The van der Waals surface area contributed by atoms with Crippen LogP contribution in [0, 0.1) is 5.41 Å². The predicted molar refractivity (Wildman–Crippen MR) is 72.8 cm³/mol. The van der Waals surface area contributed by atoms with Crippen molar-refractivity contribution in [3.05, 3.63) is 29.0 Å². The molecular weight excluding hydrogens is 248 g/mol. The summed E-state index contributed by atoms with van der Waals surface area (Å²) in [4.78, 5) is 18.3. The molecule has 2 heterocycles. The van der Waals surface area contributed by atoms with Gasteiger partial charge >= 0.3 is 0 Å². The van der Waals surface area contributed by atoms with E-state index in [0.29, 0.717) is 16.0 Å². The lowest BCUT2D eigenvalue weighted by atomic mass is 9.85. The second kappa shape index (κ2) is 5.27. The SMILES string of the molecule is CC1(C)CCCN(C(=O)c2cnccc2Cl)CC1. The van der Waals surface area contributed by atoms with Crippen molar-refractivity contribution in [1.29, 1.82) is 0 Å². The first kappa shape index (κ1) is 13.3. The van der Waals surface area contributed by atoms with Gasteiger partial charge in [-0.2, -0.15) is 0 Å². The number of nitrogens with zero attached hydrogens (tertiary/aromatic N) is 2. The smallest absolute Gasteiger partial charge is 0.256 e. The molecule has 18 heavy (non-hydrogen) atoms. The van der Waals surface area contributed by atoms with Gasteiger partial charge in [0.25, 0.3) is 5.91 Å². The second-order valence-corrected chi connectivity index (χ2v) is 6.07. The second-order valence-electron chi connectivity index (χ2n) is 5.67. The van der Waals surface area contributed by atoms with E-state index in [2.05, 4.69) is 18.8 Å². The Morgan fingerprint density at radius 3 is 2.89 bits per heavy atom. The highest BCUT2D eigenvalue weighted by Gasteiger charge is 2.26. The zero-order valence-corrected chi connectivity index (χ0v) is 11.7. The van der Waals surface area contributed by atoms with Crippen molar-refractivity contribution >= 4 is 17.5 Å². The van der Waals surface area contributed by atoms with Gasteiger partial charge in [0, 0.05) is 25.5 Å². The van der Waals surface area contributed by atoms with Gasteiger partial charge in [-0.1, -0.05) is 25.4 Å². The molecule has 0 unspecified atom stereocenters. The molecule has 0 aliphatic carbocycles. The van der Waals surface area contributed by atoms with Crippen LogP contribution in [-0.4, -0.2) is 28.9 Å². The summed E-state index contributed by atoms with van der Waals surface area (Å²) in [6, 6.07) is 1.66. The summed E-state index contributed by atoms with van der Waals surface area (Å²) >= 11 is 6.05. The Labute approximate surface area is 113 Å². The van der Waals surface area contributed by atoms with Gasteiger partial charge in [-0.25, -0.2) is 0 Å². The molecular formula is C14H19ClN2O. The summed E-state index contributed by atoms with van der Waals surface area (Å²) in [5.74, 6) is 0.00537. The Kier molecular flexibility index (Phi) is 3.91. The summed E-state index contributed by atoms with van der Waals surface area (Å²) < 4.78 is 0. The van der Waals surface area contributed by atoms with Crippen molar-refractivity contribution in [3.63, 3.8) is 0 Å². The zero-order chi connectivity index (χ0) is 13.2. The van der Waals surface area contributed by atoms with Gasteiger partial charge in [-0.3, -0.25) is 9.78 Å². The maximum atomic E-state index is 12.4. The maximum Gasteiger partial charge on any atom is 0.256 e. The molecule has 98 valence electrons. The van der Waals surface area contributed by atoms with Crippen molar-refractivity contribution in [2.75, 3.05) is 13.1 Å². The van der Waals surface area contributed by atoms with Gasteiger partial charge in [0.05, 0.1) is 10.6 Å². The van der Waals surface area contributed by atoms with Crippen LogP contribution in [0.3, 0.4) is 0 Å². The summed E-state index contributed by atoms with van der Waals surface area (Å²) in [6.07, 6.45) is 6.41. The molecule has 1 aromatic heterocycles. The van der Waals surface area contributed by atoms with Crippen molar-refractivity contribution in [1.82, 2.24) is 9.88 Å². The van der Waals surface area contributed by atoms with Crippen LogP contribution >= 0.6 is 11.6 Å². The first-order valence-corrected chi connectivity index (χ1v) is 6.76. The van der Waals surface area contributed by atoms with E-state index in [1.165, 1.54) is 0 Å². The summed E-state index contributed by atoms with van der Waals surface area (Å²) in [6.45, 7) is 6.14. The van der Waals surface area contributed by atoms with Crippen LogP contribution in [0.1, 0.15) is 43.5 Å². The Hall–Kier alpha value is -1.09. The molecule has 3 nitrogen and oxygen atoms in total. The number of hydrogen-bond donors (Lipinski definition) is 0. The standard InChI is InChI=1S/C14H19ClN2O/c1-14(2)5-3-8-17(9-6-14)13(18)11-10-16-7-4-12(11)15/h4,7,10H,3,5-6,8-9H2,1-2H3. The summed E-state index contributed by atoms with van der Waals surface area (Å²) in [5.41, 5.74) is 0.840. The molecule has 1 aliphatic heterocycles. The van der Waals surface area contributed by atoms with Crippen molar-refractivity contribution in [2.24, 2.45) is 5.41 Å². The fourth-order valence-electron chi connectivity index (χ4n) is 2.33. The number of likely N-dealkylation sites (tertiary alicyclic amines) is 1. The lowest BCUT2D eigenvalue weighted by Gasteiger charge is -2.23. The highest BCUT2D eigenvalue weighted by molar-refractivity contribution is 6.33. The molecule has 1 fully saturated rings. The number of hydrogen-bond acceptors (Lipinski definition) is 2. The molecule has 0 aromatic carbocycles. The molecule has 1 aliphatic rings. The largest absolute Gasteiger partial charge is 0.339 e. The molecule has 4 heteroatoms. The third-order valence-corrected chi connectivity index (χ3v) is 3.96. The van der Waals surface area contributed by atoms with Crippen molar-refractivity contribution in [3.8, 4) is 0 Å². The van der Waals surface area contributed by atoms with Gasteiger partial charge in [-0.15, -0.1) is 0 Å². The van der Waals surface area contributed by atoms with E-state index in [1.54, 1.807) is 18.5 Å². The average Bonchev–Trinajstić information content (AvgIpc) is 2.50. The summed E-state index contributed by atoms with van der Waals surface area (Å²) in [5, 5.41) is 0.485. The van der Waals surface area contributed by atoms with E-state index in [0.717, 1.165) is 32.4 Å². The quantitative estimate of drug-likeness (QED) is 0.781. The predicted octanol–water partition coefficient (Wildman–Crippen LogP) is 3.39. The fourth-order valence-corrected chi connectivity index (χ4v) is 2.52. The number of carbonyl (C=O) groups excluding carboxylic acids is 1. The van der Waals surface area contributed by atoms with Gasteiger partial charge in [0.1, 0.15) is 0 Å². The topological polar surface area (TPSA) is 33.2 Å². The molecule has 0 saturated carbocycles. The van der Waals surface area contributed by atoms with Gasteiger partial charge in [-0.05, 0) is 30.7 Å². The Balaban J connectivity index is 2.13. The molecule has 1 amide bonds. The van der Waals surface area contributed by atoms with Crippen molar-refractivity contribution < 1.29 is 4.79 Å². The number of amides is 1. The van der Waals surface area contributed by atoms with Gasteiger partial charge in [0.15, 0.2) is 0 Å². The van der Waals surface area contributed by atoms with E-state index in [9.17, 15) is 4.79 Å². The van der Waals surface area contributed by atoms with E-state index in [4.69, 9.17) is 11.6 Å². The highest BCUT2D eigenvalue weighted by Crippen LogP contribution is 2.30. The molecule has 0 spiro atoms.